The molecule has 0 N–H and O–H groups in total. The van der Waals surface area contributed by atoms with Crippen LogP contribution in [0.25, 0.3) is 0 Å². The van der Waals surface area contributed by atoms with Crippen molar-refractivity contribution in [3.63, 3.8) is 0 Å². The molecule has 4 unspecified atom stereocenters. The Kier molecular flexibility index (Phi) is 12.3. The lowest BCUT2D eigenvalue weighted by Gasteiger charge is -2.49. The number of aryl methyl sites for hydroxylation is 2. The molecule has 0 spiro atoms. The van der Waals surface area contributed by atoms with Crippen LogP contribution in [0.5, 0.6) is 0 Å². The van der Waals surface area contributed by atoms with Gasteiger partial charge in [-0.1, -0.05) is 108 Å². The van der Waals surface area contributed by atoms with Gasteiger partial charge in [-0.3, -0.25) is 0 Å². The molecule has 0 aliphatic rings. The van der Waals surface area contributed by atoms with Gasteiger partial charge in [0.2, 0.25) is 0 Å². The minimum atomic E-state index is -4.65. The molecule has 2 nitrogen and oxygen atoms in total. The summed E-state index contributed by atoms with van der Waals surface area (Å²) in [7, 11) is -4.65. The van der Waals surface area contributed by atoms with Crippen molar-refractivity contribution in [1.82, 2.24) is 0 Å². The fraction of sp³-hybridized carbons (Fsp3) is 0.217. The SMILES string of the molecule is CSC(Cc1ccc(F)cc1)(C(c1ccc(C)cc1)c1cccc(F)c1)S(=O)(=O)C(Cc1ccc(F)cc1)(SC)C(c1ccc(C)cc1)c1cccc(F)c1. The molecule has 0 amide bonds. The molecule has 0 bridgehead atoms. The van der Waals surface area contributed by atoms with E-state index in [-0.39, 0.29) is 12.8 Å². The molecule has 6 rings (SSSR count). The first kappa shape index (κ1) is 40.4. The maximum atomic E-state index is 17.0. The third-order valence-corrected chi connectivity index (χ3v) is 17.4. The monoisotopic (exact) mass is 798 g/mol. The summed E-state index contributed by atoms with van der Waals surface area (Å²) in [6.07, 6.45) is 3.30. The number of halogens is 4. The number of hydrogen-bond acceptors (Lipinski definition) is 4. The van der Waals surface area contributed by atoms with Crippen LogP contribution in [0.2, 0.25) is 0 Å². The van der Waals surface area contributed by atoms with Gasteiger partial charge >= 0.3 is 0 Å². The number of rotatable bonds is 14. The van der Waals surface area contributed by atoms with Gasteiger partial charge in [0.05, 0.1) is 0 Å². The summed E-state index contributed by atoms with van der Waals surface area (Å²) in [4.78, 5) is 0. The second-order valence-corrected chi connectivity index (χ2v) is 19.2. The van der Waals surface area contributed by atoms with Gasteiger partial charge in [0.1, 0.15) is 31.4 Å². The minimum Gasteiger partial charge on any atom is -0.226 e. The third-order valence-electron chi connectivity index (χ3n) is 10.4. The Morgan fingerprint density at radius 3 is 1.13 bits per heavy atom. The number of benzene rings is 6. The lowest BCUT2D eigenvalue weighted by molar-refractivity contribution is 0.509. The Morgan fingerprint density at radius 2 is 0.818 bits per heavy atom. The zero-order chi connectivity index (χ0) is 39.4. The molecule has 0 saturated carbocycles. The summed E-state index contributed by atoms with van der Waals surface area (Å²) in [5.74, 6) is -3.91. The Balaban J connectivity index is 1.77. The maximum Gasteiger partial charge on any atom is 0.182 e. The van der Waals surface area contributed by atoms with Gasteiger partial charge in [-0.05, 0) is 108 Å². The lowest BCUT2D eigenvalue weighted by Crippen LogP contribution is -2.56. The van der Waals surface area contributed by atoms with E-state index in [9.17, 15) is 8.78 Å². The van der Waals surface area contributed by atoms with E-state index in [1.165, 1.54) is 48.5 Å². The number of hydrogen-bond donors (Lipinski definition) is 0. The first-order valence-corrected chi connectivity index (χ1v) is 21.7. The summed E-state index contributed by atoms with van der Waals surface area (Å²) in [6, 6.07) is 38.7. The summed E-state index contributed by atoms with van der Waals surface area (Å²) >= 11 is 2.30. The largest absolute Gasteiger partial charge is 0.226 e. The zero-order valence-electron chi connectivity index (χ0n) is 31.0. The summed E-state index contributed by atoms with van der Waals surface area (Å²) in [5, 5.41) is 0. The highest BCUT2D eigenvalue weighted by Gasteiger charge is 2.63. The van der Waals surface area contributed by atoms with Crippen LogP contribution in [0.4, 0.5) is 17.6 Å². The van der Waals surface area contributed by atoms with Gasteiger partial charge in [0, 0.05) is 24.7 Å². The van der Waals surface area contributed by atoms with E-state index in [1.54, 1.807) is 61.0 Å². The molecule has 0 aromatic heterocycles. The molecule has 6 aromatic rings. The van der Waals surface area contributed by atoms with Crippen molar-refractivity contribution in [2.45, 2.75) is 46.7 Å². The second kappa shape index (κ2) is 16.8. The number of sulfone groups is 1. The van der Waals surface area contributed by atoms with Crippen LogP contribution in [0, 0.1) is 37.1 Å². The fourth-order valence-corrected chi connectivity index (χ4v) is 14.6. The Labute approximate surface area is 330 Å². The first-order valence-electron chi connectivity index (χ1n) is 17.8. The van der Waals surface area contributed by atoms with Gasteiger partial charge in [-0.25, -0.2) is 26.0 Å². The normalized spacial score (nSPS) is 15.1. The van der Waals surface area contributed by atoms with E-state index in [0.717, 1.165) is 34.7 Å². The van der Waals surface area contributed by atoms with Crippen molar-refractivity contribution in [3.8, 4) is 0 Å². The average molecular weight is 799 g/mol. The smallest absolute Gasteiger partial charge is 0.182 e. The first-order chi connectivity index (χ1) is 26.3. The Morgan fingerprint density at radius 1 is 0.473 bits per heavy atom. The molecule has 0 fully saturated rings. The van der Waals surface area contributed by atoms with Crippen molar-refractivity contribution in [2.75, 3.05) is 12.5 Å². The van der Waals surface area contributed by atoms with Crippen LogP contribution in [0.1, 0.15) is 56.3 Å². The molecule has 6 aromatic carbocycles. The molecule has 55 heavy (non-hydrogen) atoms. The van der Waals surface area contributed by atoms with Gasteiger partial charge < -0.3 is 0 Å². The summed E-state index contributed by atoms with van der Waals surface area (Å²) in [5.41, 5.74) is 5.20. The molecular weight excluding hydrogens is 757 g/mol. The van der Waals surface area contributed by atoms with Gasteiger partial charge in [-0.15, -0.1) is 23.5 Å². The molecule has 4 atom stereocenters. The van der Waals surface area contributed by atoms with Crippen LogP contribution in [0.15, 0.2) is 146 Å². The maximum absolute atomic E-state index is 17.0. The van der Waals surface area contributed by atoms with E-state index in [2.05, 4.69) is 0 Å². The van der Waals surface area contributed by atoms with Gasteiger partial charge in [0.25, 0.3) is 0 Å². The minimum absolute atomic E-state index is 0.0959. The van der Waals surface area contributed by atoms with Crippen molar-refractivity contribution < 1.29 is 26.0 Å². The highest BCUT2D eigenvalue weighted by atomic mass is 32.3. The molecule has 0 heterocycles. The third kappa shape index (κ3) is 8.16. The van der Waals surface area contributed by atoms with Crippen LogP contribution in [-0.2, 0) is 22.7 Å². The van der Waals surface area contributed by atoms with E-state index in [4.69, 9.17) is 0 Å². The van der Waals surface area contributed by atoms with E-state index < -0.39 is 53.1 Å². The zero-order valence-corrected chi connectivity index (χ0v) is 33.4. The van der Waals surface area contributed by atoms with E-state index in [1.807, 2.05) is 62.4 Å². The topological polar surface area (TPSA) is 34.1 Å². The highest BCUT2D eigenvalue weighted by Crippen LogP contribution is 2.59. The molecule has 0 aliphatic heterocycles. The van der Waals surface area contributed by atoms with Crippen LogP contribution in [-0.4, -0.2) is 29.1 Å². The number of thioether (sulfide) groups is 2. The molecule has 0 radical (unpaired) electrons. The van der Waals surface area contributed by atoms with Gasteiger partial charge in [0.15, 0.2) is 9.84 Å². The highest BCUT2D eigenvalue weighted by molar-refractivity contribution is 8.22. The average Bonchev–Trinajstić information content (AvgIpc) is 3.17. The van der Waals surface area contributed by atoms with Crippen molar-refractivity contribution >= 4 is 33.4 Å². The van der Waals surface area contributed by atoms with Crippen molar-refractivity contribution in [2.24, 2.45) is 0 Å². The molecule has 9 heteroatoms. The van der Waals surface area contributed by atoms with Crippen LogP contribution >= 0.6 is 23.5 Å². The van der Waals surface area contributed by atoms with E-state index in [0.29, 0.717) is 33.4 Å². The predicted octanol–water partition coefficient (Wildman–Crippen LogP) is 11.8. The lowest BCUT2D eigenvalue weighted by atomic mass is 9.84. The van der Waals surface area contributed by atoms with Gasteiger partial charge in [-0.2, -0.15) is 0 Å². The predicted molar refractivity (Wildman–Crippen MR) is 220 cm³/mol. The summed E-state index contributed by atoms with van der Waals surface area (Å²) in [6.45, 7) is 3.87. The van der Waals surface area contributed by atoms with Crippen LogP contribution < -0.4 is 0 Å². The van der Waals surface area contributed by atoms with Crippen LogP contribution in [0.3, 0.4) is 0 Å². The molecule has 284 valence electrons. The molecular formula is C46H42F4O2S3. The van der Waals surface area contributed by atoms with Crippen molar-refractivity contribution in [3.05, 3.63) is 213 Å². The van der Waals surface area contributed by atoms with E-state index >= 15 is 17.2 Å². The van der Waals surface area contributed by atoms with Crippen molar-refractivity contribution in [1.29, 1.82) is 0 Å². The summed E-state index contributed by atoms with van der Waals surface area (Å²) < 4.78 is 90.0. The second-order valence-electron chi connectivity index (χ2n) is 13.9. The molecule has 0 aliphatic carbocycles. The Bertz CT molecular complexity index is 2170. The standard InChI is InChI=1S/C46H42F4O2S3/c1-31-11-19-35(20-12-31)43(37-7-5-9-41(49)27-37)45(53-3,29-33-15-23-39(47)24-16-33)55(51,52)46(54-4,30-34-17-25-40(48)26-18-34)44(36-21-13-32(2)14-22-36)38-8-6-10-42(50)28-38/h5-28,43-44H,29-30H2,1-4H3. The fourth-order valence-electron chi connectivity index (χ4n) is 7.66. The Hall–Kier alpha value is -4.31. The quantitative estimate of drug-likeness (QED) is 0.103. The molecule has 0 saturated heterocycles.